The monoisotopic (exact) mass is 712 g/mol. The van der Waals surface area contributed by atoms with Gasteiger partial charge in [-0.2, -0.15) is 0 Å². The largest absolute Gasteiger partial charge is 0.444 e. The van der Waals surface area contributed by atoms with E-state index < -0.39 is 26.3 Å². The first-order chi connectivity index (χ1) is 23.9. The van der Waals surface area contributed by atoms with E-state index in [-0.39, 0.29) is 0 Å². The Hall–Kier alpha value is -3.58. The lowest BCUT2D eigenvalue weighted by molar-refractivity contribution is 0.116. The molecule has 266 valence electrons. The fourth-order valence-corrected chi connectivity index (χ4v) is 8.18. The lowest BCUT2D eigenvalue weighted by Gasteiger charge is -2.20. The third kappa shape index (κ3) is 11.5. The first kappa shape index (κ1) is 40.8. The Bertz CT molecular complexity index is 1660. The summed E-state index contributed by atoms with van der Waals surface area (Å²) < 4.78 is 40.5. The number of hydrogen-bond donors (Lipinski definition) is 0. The minimum atomic E-state index is -1.90. The van der Waals surface area contributed by atoms with Crippen LogP contribution >= 0.6 is 15.6 Å². The maximum Gasteiger partial charge on any atom is 0.423 e. The average Bonchev–Trinajstić information content (AvgIpc) is 3.12. The number of unbranched alkanes of at least 4 members (excludes halogenated alkanes) is 3. The minimum Gasteiger partial charge on any atom is -0.444 e. The molecule has 0 radical (unpaired) electrons. The van der Waals surface area contributed by atoms with E-state index in [4.69, 9.17) is 9.47 Å². The molecule has 2 unspecified atom stereocenters. The molecule has 2 atom stereocenters. The second kappa shape index (κ2) is 19.7. The Morgan fingerprint density at radius 3 is 1.78 bits per heavy atom. The van der Waals surface area contributed by atoms with Crippen LogP contribution in [0.15, 0.2) is 116 Å². The number of rotatable bonds is 21. The highest BCUT2D eigenvalue weighted by molar-refractivity contribution is 7.55. The predicted octanol–water partition coefficient (Wildman–Crippen LogP) is 12.9. The Kier molecular flexibility index (Phi) is 16.1. The molecular weight excluding hydrogens is 654 g/mol. The molecule has 0 fully saturated rings. The van der Waals surface area contributed by atoms with Crippen molar-refractivity contribution in [3.63, 3.8) is 0 Å². The molecule has 3 aromatic rings. The molecule has 4 nitrogen and oxygen atoms in total. The van der Waals surface area contributed by atoms with Gasteiger partial charge in [0.2, 0.25) is 0 Å². The standard InChI is InChI=1S/C44H58O4P2/c1-10-15-19-34-23-32-42(38(33-34)22-18-13-4)48-44(8,9)50(46)40-30-26-36(27-31-40)35-24-28-39(29-25-35)49(45)43(6,7)47-41(14-5)37(20-16-11-2)21-17-12-3/h11,14,16,20,23-33H,2,5,10,12-13,15,17-19,21-22H2,1,3-4,6-9H3/q+2/b20-16-,41-37-. The first-order valence-corrected chi connectivity index (χ1v) is 20.7. The second-order valence-electron chi connectivity index (χ2n) is 13.7. The maximum absolute atomic E-state index is 13.9. The van der Waals surface area contributed by atoms with Gasteiger partial charge in [0.1, 0.15) is 11.5 Å². The highest BCUT2D eigenvalue weighted by atomic mass is 31.1. The molecule has 0 aliphatic carbocycles. The Morgan fingerprint density at radius 1 is 0.720 bits per heavy atom. The van der Waals surface area contributed by atoms with Gasteiger partial charge in [0.25, 0.3) is 0 Å². The Labute approximate surface area is 304 Å². The molecule has 0 saturated heterocycles. The summed E-state index contributed by atoms with van der Waals surface area (Å²) in [5.41, 5.74) is 5.52. The van der Waals surface area contributed by atoms with Crippen LogP contribution in [0.2, 0.25) is 0 Å². The second-order valence-corrected chi connectivity index (χ2v) is 18.1. The van der Waals surface area contributed by atoms with E-state index in [1.807, 2.05) is 88.4 Å². The van der Waals surface area contributed by atoms with Gasteiger partial charge in [-0.1, -0.05) is 92.7 Å². The molecule has 0 aliphatic heterocycles. The number of ether oxygens (including phenoxy) is 2. The maximum atomic E-state index is 13.9. The highest BCUT2D eigenvalue weighted by Crippen LogP contribution is 2.43. The number of aryl methyl sites for hydroxylation is 2. The smallest absolute Gasteiger partial charge is 0.423 e. The topological polar surface area (TPSA) is 52.6 Å². The van der Waals surface area contributed by atoms with Crippen molar-refractivity contribution in [1.82, 2.24) is 0 Å². The number of allylic oxidation sites excluding steroid dienone is 5. The SMILES string of the molecule is C=C/C=C\C(CCCC)=C(/C=C)OC(C)(C)[P+](=O)c1ccc(-c2ccc([P+](=O)C(C)(C)Oc3ccc(CCCC)cc3CCCC)cc2)cc1. The van der Waals surface area contributed by atoms with Gasteiger partial charge in [0.05, 0.1) is 0 Å². The average molecular weight is 713 g/mol. The molecule has 50 heavy (non-hydrogen) atoms. The fourth-order valence-electron chi connectivity index (χ4n) is 5.73. The van der Waals surface area contributed by atoms with Crippen LogP contribution in [0.3, 0.4) is 0 Å². The normalized spacial score (nSPS) is 13.1. The van der Waals surface area contributed by atoms with Gasteiger partial charge in [0, 0.05) is 27.7 Å². The summed E-state index contributed by atoms with van der Waals surface area (Å²) in [6.07, 6.45) is 16.8. The third-order valence-electron chi connectivity index (χ3n) is 8.71. The highest BCUT2D eigenvalue weighted by Gasteiger charge is 2.45. The lowest BCUT2D eigenvalue weighted by Crippen LogP contribution is -2.27. The summed E-state index contributed by atoms with van der Waals surface area (Å²) in [7, 11) is -3.76. The van der Waals surface area contributed by atoms with Gasteiger partial charge in [0.15, 0.2) is 10.6 Å². The van der Waals surface area contributed by atoms with Crippen LogP contribution in [0.25, 0.3) is 11.1 Å². The van der Waals surface area contributed by atoms with Crippen LogP contribution < -0.4 is 15.3 Å². The van der Waals surface area contributed by atoms with Crippen molar-refractivity contribution in [2.45, 2.75) is 117 Å². The van der Waals surface area contributed by atoms with Crippen molar-refractivity contribution in [3.8, 4) is 16.9 Å². The van der Waals surface area contributed by atoms with Crippen molar-refractivity contribution in [1.29, 1.82) is 0 Å². The van der Waals surface area contributed by atoms with Gasteiger partial charge >= 0.3 is 26.3 Å². The Balaban J connectivity index is 1.76. The number of benzene rings is 3. The minimum absolute atomic E-state index is 0.644. The van der Waals surface area contributed by atoms with Crippen molar-refractivity contribution >= 4 is 26.2 Å². The summed E-state index contributed by atoms with van der Waals surface area (Å²) in [4.78, 5) is 0. The molecule has 0 heterocycles. The zero-order valence-corrected chi connectivity index (χ0v) is 33.3. The molecule has 0 spiro atoms. The van der Waals surface area contributed by atoms with Gasteiger partial charge in [-0.15, -0.1) is 0 Å². The molecule has 0 aliphatic rings. The van der Waals surface area contributed by atoms with Crippen LogP contribution in [-0.4, -0.2) is 10.7 Å². The van der Waals surface area contributed by atoms with Crippen molar-refractivity contribution < 1.29 is 18.6 Å². The molecule has 0 N–H and O–H groups in total. The van der Waals surface area contributed by atoms with Crippen LogP contribution in [0, 0.1) is 0 Å². The lowest BCUT2D eigenvalue weighted by atomic mass is 10.0. The zero-order valence-electron chi connectivity index (χ0n) is 31.5. The van der Waals surface area contributed by atoms with Gasteiger partial charge < -0.3 is 9.47 Å². The van der Waals surface area contributed by atoms with E-state index in [0.717, 1.165) is 72.7 Å². The van der Waals surface area contributed by atoms with Crippen LogP contribution in [-0.2, 0) is 26.7 Å². The van der Waals surface area contributed by atoms with E-state index in [0.29, 0.717) is 11.1 Å². The summed E-state index contributed by atoms with van der Waals surface area (Å²) in [5.74, 6) is 1.47. The van der Waals surface area contributed by atoms with Gasteiger partial charge in [-0.05, 0) is 127 Å². The van der Waals surface area contributed by atoms with Gasteiger partial charge in [-0.3, -0.25) is 0 Å². The molecule has 3 aromatic carbocycles. The van der Waals surface area contributed by atoms with E-state index in [9.17, 15) is 9.13 Å². The molecule has 0 bridgehead atoms. The fraction of sp³-hybridized carbons (Fsp3) is 0.409. The molecule has 3 rings (SSSR count). The molecule has 0 saturated carbocycles. The van der Waals surface area contributed by atoms with Crippen LogP contribution in [0.1, 0.15) is 105 Å². The Morgan fingerprint density at radius 2 is 1.26 bits per heavy atom. The van der Waals surface area contributed by atoms with E-state index >= 15 is 0 Å². The van der Waals surface area contributed by atoms with E-state index in [1.165, 1.54) is 24.0 Å². The van der Waals surface area contributed by atoms with Crippen LogP contribution in [0.4, 0.5) is 0 Å². The van der Waals surface area contributed by atoms with Gasteiger partial charge in [-0.25, -0.2) is 0 Å². The first-order valence-electron chi connectivity index (χ1n) is 18.2. The summed E-state index contributed by atoms with van der Waals surface area (Å²) in [6, 6.07) is 22.1. The molecule has 6 heteroatoms. The molecule has 0 amide bonds. The summed E-state index contributed by atoms with van der Waals surface area (Å²) in [6.45, 7) is 21.9. The van der Waals surface area contributed by atoms with Crippen molar-refractivity contribution in [3.05, 3.63) is 127 Å². The number of hydrogen-bond acceptors (Lipinski definition) is 4. The van der Waals surface area contributed by atoms with E-state index in [2.05, 4.69) is 52.1 Å². The van der Waals surface area contributed by atoms with E-state index in [1.54, 1.807) is 12.2 Å². The summed E-state index contributed by atoms with van der Waals surface area (Å²) in [5, 5.41) is -0.377. The zero-order chi connectivity index (χ0) is 36.7. The van der Waals surface area contributed by atoms with Crippen molar-refractivity contribution in [2.75, 3.05) is 0 Å². The predicted molar refractivity (Wildman–Crippen MR) is 216 cm³/mol. The summed E-state index contributed by atoms with van der Waals surface area (Å²) >= 11 is 0. The quantitative estimate of drug-likeness (QED) is 0.0627. The third-order valence-corrected chi connectivity index (χ3v) is 12.4. The molecular formula is C44H58O4P2+2. The molecule has 0 aromatic heterocycles. The van der Waals surface area contributed by atoms with Crippen LogP contribution in [0.5, 0.6) is 5.75 Å². The van der Waals surface area contributed by atoms with Crippen molar-refractivity contribution in [2.24, 2.45) is 0 Å².